The van der Waals surface area contributed by atoms with Gasteiger partial charge in [0.1, 0.15) is 5.78 Å². The molecule has 1 fully saturated rings. The van der Waals surface area contributed by atoms with Crippen molar-refractivity contribution in [1.29, 1.82) is 0 Å². The van der Waals surface area contributed by atoms with E-state index in [1.807, 2.05) is 0 Å². The van der Waals surface area contributed by atoms with Crippen LogP contribution in [0.3, 0.4) is 0 Å². The Morgan fingerprint density at radius 2 is 1.89 bits per heavy atom. The molecule has 2 nitrogen and oxygen atoms in total. The predicted octanol–water partition coefficient (Wildman–Crippen LogP) is 3.13. The topological polar surface area (TPSA) is 26.3 Å². The Balaban J connectivity index is 2.14. The minimum atomic E-state index is -0.0534. The van der Waals surface area contributed by atoms with Crippen LogP contribution in [-0.2, 0) is 21.4 Å². The van der Waals surface area contributed by atoms with Gasteiger partial charge in [0.25, 0.3) is 0 Å². The van der Waals surface area contributed by atoms with E-state index >= 15 is 0 Å². The van der Waals surface area contributed by atoms with Gasteiger partial charge in [-0.3, -0.25) is 4.79 Å². The van der Waals surface area contributed by atoms with E-state index in [2.05, 4.69) is 38.1 Å². The summed E-state index contributed by atoms with van der Waals surface area (Å²) in [6.45, 7) is 7.47. The highest BCUT2D eigenvalue weighted by Gasteiger charge is 2.41. The van der Waals surface area contributed by atoms with E-state index in [0.29, 0.717) is 25.6 Å². The lowest BCUT2D eigenvalue weighted by Crippen LogP contribution is -2.47. The molecule has 0 N–H and O–H groups in total. The van der Waals surface area contributed by atoms with Crippen LogP contribution in [0.4, 0.5) is 0 Å². The molecule has 1 heterocycles. The van der Waals surface area contributed by atoms with Gasteiger partial charge in [0.15, 0.2) is 0 Å². The van der Waals surface area contributed by atoms with Crippen molar-refractivity contribution in [2.75, 3.05) is 13.2 Å². The van der Waals surface area contributed by atoms with Crippen LogP contribution in [0.5, 0.6) is 0 Å². The third-order valence-corrected chi connectivity index (χ3v) is 3.55. The summed E-state index contributed by atoms with van der Waals surface area (Å²) in [7, 11) is 0. The molecule has 0 bridgehead atoms. The Bertz CT molecular complexity index is 413. The van der Waals surface area contributed by atoms with E-state index in [0.717, 1.165) is 6.42 Å². The highest BCUT2D eigenvalue weighted by atomic mass is 16.5. The molecule has 0 aliphatic carbocycles. The van der Waals surface area contributed by atoms with Gasteiger partial charge >= 0.3 is 0 Å². The second kappa shape index (κ2) is 5.23. The SMILES string of the molecule is CC(=O)CC1(c2ccc(CC(C)C)cc2)COC1. The smallest absolute Gasteiger partial charge is 0.130 e. The molecule has 0 saturated carbocycles. The highest BCUT2D eigenvalue weighted by molar-refractivity contribution is 5.77. The molecule has 18 heavy (non-hydrogen) atoms. The third kappa shape index (κ3) is 2.81. The number of rotatable bonds is 5. The van der Waals surface area contributed by atoms with E-state index in [1.54, 1.807) is 6.92 Å². The minimum Gasteiger partial charge on any atom is -0.379 e. The van der Waals surface area contributed by atoms with Gasteiger partial charge in [-0.15, -0.1) is 0 Å². The third-order valence-electron chi connectivity index (χ3n) is 3.55. The maximum Gasteiger partial charge on any atom is 0.130 e. The normalized spacial score (nSPS) is 17.6. The van der Waals surface area contributed by atoms with E-state index in [9.17, 15) is 4.79 Å². The predicted molar refractivity (Wildman–Crippen MR) is 72.8 cm³/mol. The first kappa shape index (κ1) is 13.3. The molecule has 1 aliphatic rings. The van der Waals surface area contributed by atoms with E-state index < -0.39 is 0 Å². The monoisotopic (exact) mass is 246 g/mol. The van der Waals surface area contributed by atoms with Crippen LogP contribution in [0.1, 0.15) is 38.3 Å². The average molecular weight is 246 g/mol. The molecule has 1 aromatic rings. The van der Waals surface area contributed by atoms with Crippen LogP contribution < -0.4 is 0 Å². The van der Waals surface area contributed by atoms with Crippen molar-refractivity contribution in [2.45, 2.75) is 39.0 Å². The minimum absolute atomic E-state index is 0.0534. The first-order chi connectivity index (χ1) is 8.52. The van der Waals surface area contributed by atoms with Gasteiger partial charge in [-0.2, -0.15) is 0 Å². The first-order valence-electron chi connectivity index (χ1n) is 6.68. The zero-order chi connectivity index (χ0) is 13.2. The summed E-state index contributed by atoms with van der Waals surface area (Å²) >= 11 is 0. The van der Waals surface area contributed by atoms with Crippen molar-refractivity contribution in [2.24, 2.45) is 5.92 Å². The number of benzene rings is 1. The summed E-state index contributed by atoms with van der Waals surface area (Å²) in [5.74, 6) is 0.915. The molecule has 0 radical (unpaired) electrons. The fourth-order valence-corrected chi connectivity index (χ4v) is 2.66. The summed E-state index contributed by atoms with van der Waals surface area (Å²) in [4.78, 5) is 11.4. The van der Waals surface area contributed by atoms with Crippen molar-refractivity contribution >= 4 is 5.78 Å². The van der Waals surface area contributed by atoms with Crippen LogP contribution in [-0.4, -0.2) is 19.0 Å². The molecule has 2 heteroatoms. The van der Waals surface area contributed by atoms with Gasteiger partial charge in [-0.25, -0.2) is 0 Å². The Morgan fingerprint density at radius 3 is 2.28 bits per heavy atom. The number of ketones is 1. The lowest BCUT2D eigenvalue weighted by molar-refractivity contribution is -0.125. The van der Waals surface area contributed by atoms with Crippen LogP contribution in [0.25, 0.3) is 0 Å². The Hall–Kier alpha value is -1.15. The van der Waals surface area contributed by atoms with E-state index in [-0.39, 0.29) is 11.2 Å². The van der Waals surface area contributed by atoms with Crippen LogP contribution in [0.2, 0.25) is 0 Å². The standard InChI is InChI=1S/C16H22O2/c1-12(2)8-14-4-6-15(7-5-14)16(9-13(3)17)10-18-11-16/h4-7,12H,8-11H2,1-3H3. The van der Waals surface area contributed by atoms with Gasteiger partial charge in [0.05, 0.1) is 13.2 Å². The zero-order valence-electron chi connectivity index (χ0n) is 11.5. The molecule has 1 aromatic carbocycles. The molecular weight excluding hydrogens is 224 g/mol. The Labute approximate surface area is 109 Å². The van der Waals surface area contributed by atoms with Gasteiger partial charge in [0, 0.05) is 11.8 Å². The number of hydrogen-bond acceptors (Lipinski definition) is 2. The summed E-state index contributed by atoms with van der Waals surface area (Å²) in [5, 5.41) is 0. The summed E-state index contributed by atoms with van der Waals surface area (Å²) in [6.07, 6.45) is 1.70. The van der Waals surface area contributed by atoms with Crippen molar-refractivity contribution in [3.8, 4) is 0 Å². The number of hydrogen-bond donors (Lipinski definition) is 0. The largest absolute Gasteiger partial charge is 0.379 e. The lowest BCUT2D eigenvalue weighted by Gasteiger charge is -2.41. The molecule has 0 atom stereocenters. The molecule has 1 aliphatic heterocycles. The Morgan fingerprint density at radius 1 is 1.28 bits per heavy atom. The maximum atomic E-state index is 11.4. The van der Waals surface area contributed by atoms with Crippen molar-refractivity contribution in [1.82, 2.24) is 0 Å². The second-order valence-corrected chi connectivity index (χ2v) is 5.95. The number of carbonyl (C=O) groups is 1. The fraction of sp³-hybridized carbons (Fsp3) is 0.562. The van der Waals surface area contributed by atoms with Crippen molar-refractivity contribution in [3.05, 3.63) is 35.4 Å². The summed E-state index contributed by atoms with van der Waals surface area (Å²) in [5.41, 5.74) is 2.56. The maximum absolute atomic E-state index is 11.4. The van der Waals surface area contributed by atoms with E-state index in [4.69, 9.17) is 4.74 Å². The molecule has 98 valence electrons. The van der Waals surface area contributed by atoms with E-state index in [1.165, 1.54) is 11.1 Å². The van der Waals surface area contributed by atoms with Gasteiger partial charge in [0.2, 0.25) is 0 Å². The molecular formula is C16H22O2. The van der Waals surface area contributed by atoms with Gasteiger partial charge < -0.3 is 4.74 Å². The van der Waals surface area contributed by atoms with Crippen LogP contribution >= 0.6 is 0 Å². The number of Topliss-reactive ketones (excluding diaryl/α,β-unsaturated/α-hetero) is 1. The lowest BCUT2D eigenvalue weighted by atomic mass is 9.74. The molecule has 1 saturated heterocycles. The van der Waals surface area contributed by atoms with Crippen LogP contribution in [0.15, 0.2) is 24.3 Å². The van der Waals surface area contributed by atoms with Gasteiger partial charge in [-0.05, 0) is 30.4 Å². The average Bonchev–Trinajstić information content (AvgIpc) is 2.24. The summed E-state index contributed by atoms with van der Waals surface area (Å²) in [6, 6.07) is 8.72. The first-order valence-corrected chi connectivity index (χ1v) is 6.68. The van der Waals surface area contributed by atoms with Crippen LogP contribution in [0, 0.1) is 5.92 Å². The molecule has 0 amide bonds. The highest BCUT2D eigenvalue weighted by Crippen LogP contribution is 2.36. The fourth-order valence-electron chi connectivity index (χ4n) is 2.66. The number of ether oxygens (including phenoxy) is 1. The summed E-state index contributed by atoms with van der Waals surface area (Å²) < 4.78 is 5.34. The second-order valence-electron chi connectivity index (χ2n) is 5.95. The molecule has 0 aromatic heterocycles. The Kier molecular flexibility index (Phi) is 3.86. The molecule has 0 spiro atoms. The molecule has 0 unspecified atom stereocenters. The van der Waals surface area contributed by atoms with Crippen molar-refractivity contribution < 1.29 is 9.53 Å². The van der Waals surface area contributed by atoms with Gasteiger partial charge in [-0.1, -0.05) is 38.1 Å². The zero-order valence-corrected chi connectivity index (χ0v) is 11.5. The number of carbonyl (C=O) groups excluding carboxylic acids is 1. The van der Waals surface area contributed by atoms with Crippen molar-refractivity contribution in [3.63, 3.8) is 0 Å². The quantitative estimate of drug-likeness (QED) is 0.798. The molecule has 2 rings (SSSR count).